The summed E-state index contributed by atoms with van der Waals surface area (Å²) in [6, 6.07) is 7.97. The third-order valence-electron chi connectivity index (χ3n) is 2.60. The minimum atomic E-state index is 0.672. The van der Waals surface area contributed by atoms with E-state index in [1.165, 1.54) is 4.88 Å². The van der Waals surface area contributed by atoms with Gasteiger partial charge in [-0.3, -0.25) is 0 Å². The van der Waals surface area contributed by atoms with Crippen molar-refractivity contribution in [2.75, 3.05) is 13.7 Å². The van der Waals surface area contributed by atoms with Gasteiger partial charge >= 0.3 is 0 Å². The first kappa shape index (κ1) is 12.1. The molecule has 0 bridgehead atoms. The quantitative estimate of drug-likeness (QED) is 0.904. The second-order valence-corrected chi connectivity index (χ2v) is 4.88. The minimum Gasteiger partial charge on any atom is -0.497 e. The number of ether oxygens (including phenoxy) is 1. The van der Waals surface area contributed by atoms with Crippen molar-refractivity contribution in [3.8, 4) is 16.3 Å². The maximum Gasteiger partial charge on any atom is 0.123 e. The van der Waals surface area contributed by atoms with Gasteiger partial charge in [0.1, 0.15) is 10.8 Å². The molecular weight excluding hydrogens is 232 g/mol. The van der Waals surface area contributed by atoms with Crippen LogP contribution >= 0.6 is 11.3 Å². The van der Waals surface area contributed by atoms with Crippen molar-refractivity contribution in [1.29, 1.82) is 0 Å². The lowest BCUT2D eigenvalue weighted by atomic mass is 10.2. The van der Waals surface area contributed by atoms with Gasteiger partial charge in [0.05, 0.1) is 12.8 Å². The second-order valence-electron chi connectivity index (χ2n) is 3.79. The Balaban J connectivity index is 2.29. The van der Waals surface area contributed by atoms with E-state index in [1.807, 2.05) is 31.2 Å². The zero-order valence-corrected chi connectivity index (χ0v) is 10.9. The third-order valence-corrected chi connectivity index (χ3v) is 3.87. The Morgan fingerprint density at radius 1 is 1.29 bits per heavy atom. The molecule has 0 saturated carbocycles. The van der Waals surface area contributed by atoms with E-state index in [9.17, 15) is 0 Å². The molecule has 0 aliphatic rings. The van der Waals surface area contributed by atoms with Crippen molar-refractivity contribution >= 4 is 11.3 Å². The lowest BCUT2D eigenvalue weighted by molar-refractivity contribution is 0.415. The third kappa shape index (κ3) is 2.65. The highest BCUT2D eigenvalue weighted by Gasteiger charge is 2.08. The average Bonchev–Trinajstić information content (AvgIpc) is 2.72. The van der Waals surface area contributed by atoms with Crippen LogP contribution in [0.25, 0.3) is 10.6 Å². The topological polar surface area (TPSA) is 48.1 Å². The van der Waals surface area contributed by atoms with E-state index < -0.39 is 0 Å². The molecule has 2 aromatic rings. The first-order chi connectivity index (χ1) is 8.24. The molecule has 0 aliphatic heterocycles. The normalized spacial score (nSPS) is 10.5. The van der Waals surface area contributed by atoms with E-state index in [2.05, 4.69) is 4.98 Å². The van der Waals surface area contributed by atoms with Gasteiger partial charge in [-0.15, -0.1) is 11.3 Å². The van der Waals surface area contributed by atoms with Gasteiger partial charge in [-0.05, 0) is 44.2 Å². The molecule has 90 valence electrons. The first-order valence-corrected chi connectivity index (χ1v) is 6.37. The molecule has 0 atom stereocenters. The molecule has 0 unspecified atom stereocenters. The van der Waals surface area contributed by atoms with E-state index in [0.717, 1.165) is 28.4 Å². The Bertz CT molecular complexity index is 491. The Morgan fingerprint density at radius 3 is 2.59 bits per heavy atom. The lowest BCUT2D eigenvalue weighted by Gasteiger charge is -2.00. The largest absolute Gasteiger partial charge is 0.497 e. The van der Waals surface area contributed by atoms with Gasteiger partial charge in [0.25, 0.3) is 0 Å². The molecule has 3 nitrogen and oxygen atoms in total. The fraction of sp³-hybridized carbons (Fsp3) is 0.308. The van der Waals surface area contributed by atoms with Crippen molar-refractivity contribution in [1.82, 2.24) is 4.98 Å². The van der Waals surface area contributed by atoms with Crippen LogP contribution in [0.2, 0.25) is 0 Å². The average molecular weight is 248 g/mol. The molecule has 0 fully saturated rings. The van der Waals surface area contributed by atoms with Crippen LogP contribution in [0.5, 0.6) is 5.75 Å². The van der Waals surface area contributed by atoms with E-state index in [4.69, 9.17) is 10.5 Å². The summed E-state index contributed by atoms with van der Waals surface area (Å²) in [4.78, 5) is 5.85. The van der Waals surface area contributed by atoms with E-state index in [0.29, 0.717) is 6.54 Å². The molecule has 2 rings (SSSR count). The Morgan fingerprint density at radius 2 is 2.00 bits per heavy atom. The van der Waals surface area contributed by atoms with Crippen molar-refractivity contribution in [3.05, 3.63) is 34.8 Å². The lowest BCUT2D eigenvalue weighted by Crippen LogP contribution is -2.01. The van der Waals surface area contributed by atoms with Crippen molar-refractivity contribution in [2.45, 2.75) is 13.3 Å². The molecule has 1 heterocycles. The maximum absolute atomic E-state index is 5.58. The number of rotatable bonds is 4. The number of nitrogens with zero attached hydrogens (tertiary/aromatic N) is 1. The highest BCUT2D eigenvalue weighted by molar-refractivity contribution is 7.15. The van der Waals surface area contributed by atoms with Crippen molar-refractivity contribution < 1.29 is 4.74 Å². The van der Waals surface area contributed by atoms with Crippen LogP contribution in [0, 0.1) is 6.92 Å². The predicted octanol–water partition coefficient (Wildman–Crippen LogP) is 2.63. The number of benzene rings is 1. The molecule has 0 saturated heterocycles. The number of aryl methyl sites for hydroxylation is 1. The van der Waals surface area contributed by atoms with Crippen LogP contribution in [0.3, 0.4) is 0 Å². The standard InChI is InChI=1S/C13H16N2OS/c1-9-12(7-8-14)17-13(15-9)10-3-5-11(16-2)6-4-10/h3-6H,7-8,14H2,1-2H3. The fourth-order valence-electron chi connectivity index (χ4n) is 1.65. The van der Waals surface area contributed by atoms with E-state index >= 15 is 0 Å². The summed E-state index contributed by atoms with van der Waals surface area (Å²) in [5.41, 5.74) is 7.79. The molecule has 4 heteroatoms. The van der Waals surface area contributed by atoms with Crippen LogP contribution in [-0.4, -0.2) is 18.6 Å². The van der Waals surface area contributed by atoms with E-state index in [-0.39, 0.29) is 0 Å². The molecule has 0 aliphatic carbocycles. The monoisotopic (exact) mass is 248 g/mol. The van der Waals surface area contributed by atoms with Crippen LogP contribution in [0.1, 0.15) is 10.6 Å². The van der Waals surface area contributed by atoms with Gasteiger partial charge in [0, 0.05) is 10.4 Å². The molecule has 2 N–H and O–H groups in total. The van der Waals surface area contributed by atoms with E-state index in [1.54, 1.807) is 18.4 Å². The SMILES string of the molecule is COc1ccc(-c2nc(C)c(CCN)s2)cc1. The van der Waals surface area contributed by atoms with Gasteiger partial charge in [0.2, 0.25) is 0 Å². The van der Waals surface area contributed by atoms with Crippen LogP contribution < -0.4 is 10.5 Å². The van der Waals surface area contributed by atoms with Gasteiger partial charge < -0.3 is 10.5 Å². The molecule has 0 radical (unpaired) electrons. The van der Waals surface area contributed by atoms with Gasteiger partial charge in [-0.25, -0.2) is 4.98 Å². The Labute approximate surface area is 105 Å². The summed E-state index contributed by atoms with van der Waals surface area (Å²) in [5.74, 6) is 0.865. The Hall–Kier alpha value is -1.39. The number of aromatic nitrogens is 1. The first-order valence-electron chi connectivity index (χ1n) is 5.55. The molecule has 0 amide bonds. The second kappa shape index (κ2) is 5.29. The number of hydrogen-bond donors (Lipinski definition) is 1. The highest BCUT2D eigenvalue weighted by atomic mass is 32.1. The Kier molecular flexibility index (Phi) is 3.76. The summed E-state index contributed by atoms with van der Waals surface area (Å²) in [6.45, 7) is 2.71. The predicted molar refractivity (Wildman–Crippen MR) is 71.6 cm³/mol. The van der Waals surface area contributed by atoms with Gasteiger partial charge in [-0.1, -0.05) is 0 Å². The number of hydrogen-bond acceptors (Lipinski definition) is 4. The summed E-state index contributed by atoms with van der Waals surface area (Å²) in [7, 11) is 1.67. The zero-order valence-electron chi connectivity index (χ0n) is 10.1. The summed E-state index contributed by atoms with van der Waals surface area (Å²) < 4.78 is 5.14. The smallest absolute Gasteiger partial charge is 0.123 e. The van der Waals surface area contributed by atoms with Crippen molar-refractivity contribution in [2.24, 2.45) is 5.73 Å². The summed E-state index contributed by atoms with van der Waals surface area (Å²) in [6.07, 6.45) is 0.902. The van der Waals surface area contributed by atoms with Crippen LogP contribution in [-0.2, 0) is 6.42 Å². The van der Waals surface area contributed by atoms with Gasteiger partial charge in [-0.2, -0.15) is 0 Å². The maximum atomic E-state index is 5.58. The molecule has 17 heavy (non-hydrogen) atoms. The molecule has 0 spiro atoms. The number of thiazole rings is 1. The van der Waals surface area contributed by atoms with Crippen LogP contribution in [0.15, 0.2) is 24.3 Å². The number of methoxy groups -OCH3 is 1. The number of nitrogens with two attached hydrogens (primary N) is 1. The fourth-order valence-corrected chi connectivity index (χ4v) is 2.73. The van der Waals surface area contributed by atoms with Crippen LogP contribution in [0.4, 0.5) is 0 Å². The molecule has 1 aromatic carbocycles. The summed E-state index contributed by atoms with van der Waals surface area (Å²) in [5, 5.41) is 1.05. The van der Waals surface area contributed by atoms with Gasteiger partial charge in [0.15, 0.2) is 0 Å². The highest BCUT2D eigenvalue weighted by Crippen LogP contribution is 2.29. The molecule has 1 aromatic heterocycles. The minimum absolute atomic E-state index is 0.672. The summed E-state index contributed by atoms with van der Waals surface area (Å²) >= 11 is 1.72. The van der Waals surface area contributed by atoms with Crippen molar-refractivity contribution in [3.63, 3.8) is 0 Å². The molecular formula is C13H16N2OS. The zero-order chi connectivity index (χ0) is 12.3.